The molecule has 2 aromatic rings. The SMILES string of the molecule is Cc1cc(Cl)c(-c2c[nH]nn2)c(Cl)c1. The maximum Gasteiger partial charge on any atom is 0.115 e. The maximum atomic E-state index is 6.06. The molecule has 2 rings (SSSR count). The van der Waals surface area contributed by atoms with Crippen molar-refractivity contribution in [2.24, 2.45) is 0 Å². The average Bonchev–Trinajstić information content (AvgIpc) is 2.54. The zero-order valence-electron chi connectivity index (χ0n) is 7.38. The molecule has 1 aromatic heterocycles. The maximum absolute atomic E-state index is 6.06. The first-order chi connectivity index (χ1) is 6.68. The molecular formula is C9H7Cl2N3. The smallest absolute Gasteiger partial charge is 0.115 e. The van der Waals surface area contributed by atoms with Gasteiger partial charge >= 0.3 is 0 Å². The van der Waals surface area contributed by atoms with E-state index in [1.165, 1.54) is 0 Å². The zero-order chi connectivity index (χ0) is 10.1. The lowest BCUT2D eigenvalue weighted by molar-refractivity contribution is 0.942. The summed E-state index contributed by atoms with van der Waals surface area (Å²) in [5, 5.41) is 11.3. The predicted molar refractivity (Wildman–Crippen MR) is 56.6 cm³/mol. The van der Waals surface area contributed by atoms with Crippen LogP contribution in [0.3, 0.4) is 0 Å². The first kappa shape index (κ1) is 9.49. The van der Waals surface area contributed by atoms with Crippen LogP contribution in [0.15, 0.2) is 18.3 Å². The number of aromatic nitrogens is 3. The second-order valence-electron chi connectivity index (χ2n) is 2.96. The molecule has 0 fully saturated rings. The van der Waals surface area contributed by atoms with Crippen LogP contribution in [-0.4, -0.2) is 15.4 Å². The molecule has 3 nitrogen and oxygen atoms in total. The summed E-state index contributed by atoms with van der Waals surface area (Å²) in [5.74, 6) is 0. The summed E-state index contributed by atoms with van der Waals surface area (Å²) in [5.41, 5.74) is 2.39. The fourth-order valence-corrected chi connectivity index (χ4v) is 2.06. The van der Waals surface area contributed by atoms with Gasteiger partial charge in [0, 0.05) is 5.56 Å². The van der Waals surface area contributed by atoms with Crippen molar-refractivity contribution < 1.29 is 0 Å². The minimum atomic E-state index is 0.587. The minimum absolute atomic E-state index is 0.587. The Morgan fingerprint density at radius 2 is 1.86 bits per heavy atom. The highest BCUT2D eigenvalue weighted by atomic mass is 35.5. The quantitative estimate of drug-likeness (QED) is 0.814. The van der Waals surface area contributed by atoms with Crippen LogP contribution in [0.25, 0.3) is 11.3 Å². The van der Waals surface area contributed by atoms with Gasteiger partial charge in [-0.2, -0.15) is 0 Å². The van der Waals surface area contributed by atoms with Crippen molar-refractivity contribution in [2.75, 3.05) is 0 Å². The number of halogens is 2. The largest absolute Gasteiger partial charge is 0.265 e. The molecule has 0 aliphatic carbocycles. The summed E-state index contributed by atoms with van der Waals surface area (Å²) in [6.07, 6.45) is 1.66. The molecule has 14 heavy (non-hydrogen) atoms. The van der Waals surface area contributed by atoms with E-state index in [9.17, 15) is 0 Å². The summed E-state index contributed by atoms with van der Waals surface area (Å²) >= 11 is 12.1. The van der Waals surface area contributed by atoms with Crippen molar-refractivity contribution in [3.8, 4) is 11.3 Å². The number of hydrogen-bond donors (Lipinski definition) is 1. The number of rotatable bonds is 1. The molecule has 0 amide bonds. The predicted octanol–water partition coefficient (Wildman–Crippen LogP) is 3.09. The fourth-order valence-electron chi connectivity index (χ4n) is 1.27. The van der Waals surface area contributed by atoms with Crippen LogP contribution in [0.1, 0.15) is 5.56 Å². The van der Waals surface area contributed by atoms with Crippen molar-refractivity contribution in [1.29, 1.82) is 0 Å². The van der Waals surface area contributed by atoms with E-state index in [1.807, 2.05) is 19.1 Å². The Bertz CT molecular complexity index is 428. The Kier molecular flexibility index (Phi) is 2.44. The fraction of sp³-hybridized carbons (Fsp3) is 0.111. The Labute approximate surface area is 91.0 Å². The topological polar surface area (TPSA) is 41.6 Å². The zero-order valence-corrected chi connectivity index (χ0v) is 8.89. The Balaban J connectivity index is 2.64. The molecule has 0 unspecified atom stereocenters. The molecule has 0 saturated heterocycles. The summed E-state index contributed by atoms with van der Waals surface area (Å²) in [6, 6.07) is 3.69. The van der Waals surface area contributed by atoms with Gasteiger partial charge in [0.05, 0.1) is 16.2 Å². The molecule has 1 N–H and O–H groups in total. The van der Waals surface area contributed by atoms with Gasteiger partial charge in [-0.25, -0.2) is 0 Å². The van der Waals surface area contributed by atoms with Gasteiger partial charge in [-0.1, -0.05) is 28.4 Å². The van der Waals surface area contributed by atoms with Crippen molar-refractivity contribution in [2.45, 2.75) is 6.92 Å². The van der Waals surface area contributed by atoms with Gasteiger partial charge in [-0.3, -0.25) is 5.10 Å². The monoisotopic (exact) mass is 227 g/mol. The van der Waals surface area contributed by atoms with E-state index in [1.54, 1.807) is 6.20 Å². The van der Waals surface area contributed by atoms with Gasteiger partial charge in [0.1, 0.15) is 5.69 Å². The molecule has 72 valence electrons. The van der Waals surface area contributed by atoms with Crippen molar-refractivity contribution in [3.63, 3.8) is 0 Å². The third kappa shape index (κ3) is 1.61. The second-order valence-corrected chi connectivity index (χ2v) is 3.78. The molecule has 0 aliphatic heterocycles. The lowest BCUT2D eigenvalue weighted by Gasteiger charge is -2.04. The first-order valence-electron chi connectivity index (χ1n) is 4.01. The van der Waals surface area contributed by atoms with Crippen LogP contribution < -0.4 is 0 Å². The molecule has 0 atom stereocenters. The first-order valence-corrected chi connectivity index (χ1v) is 4.76. The molecule has 1 heterocycles. The Morgan fingerprint density at radius 1 is 1.21 bits per heavy atom. The number of nitrogens with zero attached hydrogens (tertiary/aromatic N) is 2. The van der Waals surface area contributed by atoms with E-state index in [0.29, 0.717) is 21.3 Å². The van der Waals surface area contributed by atoms with Gasteiger partial charge in [0.15, 0.2) is 0 Å². The van der Waals surface area contributed by atoms with E-state index < -0.39 is 0 Å². The van der Waals surface area contributed by atoms with Gasteiger partial charge in [-0.15, -0.1) is 5.10 Å². The van der Waals surface area contributed by atoms with Crippen LogP contribution in [0, 0.1) is 6.92 Å². The van der Waals surface area contributed by atoms with E-state index >= 15 is 0 Å². The van der Waals surface area contributed by atoms with Crippen molar-refractivity contribution >= 4 is 23.2 Å². The number of hydrogen-bond acceptors (Lipinski definition) is 2. The summed E-state index contributed by atoms with van der Waals surface area (Å²) in [7, 11) is 0. The number of aryl methyl sites for hydroxylation is 1. The average molecular weight is 228 g/mol. The molecule has 0 aliphatic rings. The normalized spacial score (nSPS) is 10.5. The van der Waals surface area contributed by atoms with Crippen LogP contribution >= 0.6 is 23.2 Å². The molecule has 0 saturated carbocycles. The van der Waals surface area contributed by atoms with Crippen LogP contribution in [-0.2, 0) is 0 Å². The van der Waals surface area contributed by atoms with Gasteiger partial charge in [0.2, 0.25) is 0 Å². The highest BCUT2D eigenvalue weighted by Crippen LogP contribution is 2.33. The number of benzene rings is 1. The number of nitrogens with one attached hydrogen (secondary N) is 1. The van der Waals surface area contributed by atoms with Gasteiger partial charge in [0.25, 0.3) is 0 Å². The van der Waals surface area contributed by atoms with Crippen LogP contribution in [0.2, 0.25) is 10.0 Å². The van der Waals surface area contributed by atoms with Gasteiger partial charge in [-0.05, 0) is 24.6 Å². The summed E-state index contributed by atoms with van der Waals surface area (Å²) in [4.78, 5) is 0. The second kappa shape index (κ2) is 3.59. The van der Waals surface area contributed by atoms with Crippen LogP contribution in [0.5, 0.6) is 0 Å². The summed E-state index contributed by atoms with van der Waals surface area (Å²) in [6.45, 7) is 1.93. The third-order valence-electron chi connectivity index (χ3n) is 1.86. The molecule has 0 spiro atoms. The van der Waals surface area contributed by atoms with Crippen LogP contribution in [0.4, 0.5) is 0 Å². The molecule has 1 aromatic carbocycles. The number of H-pyrrole nitrogens is 1. The van der Waals surface area contributed by atoms with E-state index in [-0.39, 0.29) is 0 Å². The molecular weight excluding hydrogens is 221 g/mol. The van der Waals surface area contributed by atoms with Gasteiger partial charge < -0.3 is 0 Å². The Hall–Kier alpha value is -1.06. The summed E-state index contributed by atoms with van der Waals surface area (Å²) < 4.78 is 0. The molecule has 0 bridgehead atoms. The highest BCUT2D eigenvalue weighted by Gasteiger charge is 2.11. The lowest BCUT2D eigenvalue weighted by Crippen LogP contribution is -1.84. The molecule has 5 heteroatoms. The molecule has 0 radical (unpaired) electrons. The third-order valence-corrected chi connectivity index (χ3v) is 2.46. The highest BCUT2D eigenvalue weighted by molar-refractivity contribution is 6.39. The van der Waals surface area contributed by atoms with E-state index in [2.05, 4.69) is 15.4 Å². The number of aromatic amines is 1. The minimum Gasteiger partial charge on any atom is -0.265 e. The van der Waals surface area contributed by atoms with E-state index in [0.717, 1.165) is 5.56 Å². The standard InChI is InChI=1S/C9H7Cl2N3/c1-5-2-6(10)9(7(11)3-5)8-4-12-14-13-8/h2-4H,1H3,(H,12,13,14). The Morgan fingerprint density at radius 3 is 2.36 bits per heavy atom. The van der Waals surface area contributed by atoms with Crippen molar-refractivity contribution in [3.05, 3.63) is 33.9 Å². The lowest BCUT2D eigenvalue weighted by atomic mass is 10.1. The van der Waals surface area contributed by atoms with E-state index in [4.69, 9.17) is 23.2 Å². The van der Waals surface area contributed by atoms with Crippen molar-refractivity contribution in [1.82, 2.24) is 15.4 Å².